The molecule has 2 aromatic carbocycles. The molecule has 3 rings (SSSR count). The van der Waals surface area contributed by atoms with Crippen molar-refractivity contribution in [2.75, 3.05) is 18.4 Å². The van der Waals surface area contributed by atoms with Gasteiger partial charge in [-0.25, -0.2) is 4.39 Å². The van der Waals surface area contributed by atoms with Crippen LogP contribution < -0.4 is 15.5 Å². The summed E-state index contributed by atoms with van der Waals surface area (Å²) in [6.07, 6.45) is 1.09. The van der Waals surface area contributed by atoms with Crippen molar-refractivity contribution in [3.05, 3.63) is 65.5 Å². The van der Waals surface area contributed by atoms with Gasteiger partial charge < -0.3 is 15.5 Å². The first-order chi connectivity index (χ1) is 11.6. The maximum absolute atomic E-state index is 13.6. The first-order valence-corrected chi connectivity index (χ1v) is 8.72. The summed E-state index contributed by atoms with van der Waals surface area (Å²) in [5.74, 6) is -0.220. The summed E-state index contributed by atoms with van der Waals surface area (Å²) in [5.41, 5.74) is 2.68. The van der Waals surface area contributed by atoms with E-state index in [0.717, 1.165) is 26.1 Å². The molecule has 0 aromatic heterocycles. The van der Waals surface area contributed by atoms with Crippen molar-refractivity contribution < 1.29 is 9.29 Å². The molecule has 3 N–H and O–H groups in total. The van der Waals surface area contributed by atoms with Crippen LogP contribution in [0.4, 0.5) is 10.1 Å². The zero-order valence-corrected chi connectivity index (χ0v) is 14.6. The molecule has 1 saturated heterocycles. The van der Waals surface area contributed by atoms with Crippen LogP contribution in [0.5, 0.6) is 0 Å². The number of hydrogen-bond donors (Lipinski definition) is 3. The highest BCUT2D eigenvalue weighted by molar-refractivity contribution is 7.80. The van der Waals surface area contributed by atoms with Crippen LogP contribution in [0.2, 0.25) is 0 Å². The van der Waals surface area contributed by atoms with E-state index in [-0.39, 0.29) is 5.82 Å². The van der Waals surface area contributed by atoms with Gasteiger partial charge in [0, 0.05) is 17.7 Å². The van der Waals surface area contributed by atoms with Gasteiger partial charge in [-0.05, 0) is 36.8 Å². The predicted molar refractivity (Wildman–Crippen MR) is 99.7 cm³/mol. The molecule has 1 unspecified atom stereocenters. The smallest absolute Gasteiger partial charge is 0.171 e. The molecule has 0 aliphatic carbocycles. The molecule has 2 atom stereocenters. The number of nitrogens with one attached hydrogen (secondary N) is 3. The molecule has 3 nitrogen and oxygen atoms in total. The fraction of sp³-hybridized carbons (Fsp3) is 0.316. The third kappa shape index (κ3) is 4.52. The van der Waals surface area contributed by atoms with Crippen LogP contribution in [-0.4, -0.2) is 24.2 Å². The molecule has 2 aromatic rings. The number of quaternary nitrogens is 1. The van der Waals surface area contributed by atoms with E-state index in [0.29, 0.717) is 22.4 Å². The summed E-state index contributed by atoms with van der Waals surface area (Å²) < 4.78 is 13.6. The Bertz CT molecular complexity index is 705. The van der Waals surface area contributed by atoms with Crippen LogP contribution in [0.25, 0.3) is 0 Å². The molecule has 0 saturated carbocycles. The highest BCUT2D eigenvalue weighted by Gasteiger charge is 2.26. The Morgan fingerprint density at radius 3 is 2.79 bits per heavy atom. The maximum atomic E-state index is 13.6. The van der Waals surface area contributed by atoms with E-state index in [4.69, 9.17) is 12.2 Å². The minimum Gasteiger partial charge on any atom is -0.354 e. The van der Waals surface area contributed by atoms with Gasteiger partial charge in [0.2, 0.25) is 0 Å². The van der Waals surface area contributed by atoms with Gasteiger partial charge in [0.1, 0.15) is 12.4 Å². The molecule has 1 fully saturated rings. The molecule has 1 aliphatic rings. The first-order valence-electron chi connectivity index (χ1n) is 8.31. The number of rotatable bonds is 4. The van der Waals surface area contributed by atoms with Gasteiger partial charge in [-0.3, -0.25) is 0 Å². The molecule has 5 heteroatoms. The van der Waals surface area contributed by atoms with Crippen molar-refractivity contribution in [1.29, 1.82) is 0 Å². The number of halogens is 1. The van der Waals surface area contributed by atoms with Gasteiger partial charge in [0.05, 0.1) is 19.1 Å². The lowest BCUT2D eigenvalue weighted by molar-refractivity contribution is -0.901. The topological polar surface area (TPSA) is 28.5 Å². The second-order valence-electron chi connectivity index (χ2n) is 6.41. The van der Waals surface area contributed by atoms with Crippen LogP contribution in [0.15, 0.2) is 48.5 Å². The highest BCUT2D eigenvalue weighted by atomic mass is 32.1. The monoisotopic (exact) mass is 344 g/mol. The van der Waals surface area contributed by atoms with E-state index in [1.54, 1.807) is 17.9 Å². The number of likely N-dealkylation sites (tertiary alicyclic amines) is 1. The lowest BCUT2D eigenvalue weighted by atomic mass is 10.2. The molecule has 0 radical (unpaired) electrons. The lowest BCUT2D eigenvalue weighted by Gasteiger charge is -2.16. The summed E-state index contributed by atoms with van der Waals surface area (Å²) in [7, 11) is 0. The van der Waals surface area contributed by atoms with E-state index in [2.05, 4.69) is 34.9 Å². The molecular weight excluding hydrogens is 321 g/mol. The number of thiocarbonyl (C=S) groups is 1. The van der Waals surface area contributed by atoms with E-state index >= 15 is 0 Å². The van der Waals surface area contributed by atoms with Gasteiger partial charge >= 0.3 is 0 Å². The Hall–Kier alpha value is -1.98. The van der Waals surface area contributed by atoms with Crippen LogP contribution in [0.3, 0.4) is 0 Å². The van der Waals surface area contributed by atoms with E-state index < -0.39 is 0 Å². The summed E-state index contributed by atoms with van der Waals surface area (Å²) in [6, 6.07) is 16.0. The Morgan fingerprint density at radius 1 is 1.25 bits per heavy atom. The quantitative estimate of drug-likeness (QED) is 0.743. The number of hydrogen-bond acceptors (Lipinski definition) is 1. The zero-order valence-electron chi connectivity index (χ0n) is 13.8. The molecule has 1 aliphatic heterocycles. The normalized spacial score (nSPS) is 19.9. The molecular formula is C19H23FN3S+. The fourth-order valence-corrected chi connectivity index (χ4v) is 3.41. The van der Waals surface area contributed by atoms with Gasteiger partial charge in [0.15, 0.2) is 5.11 Å². The third-order valence-corrected chi connectivity index (χ3v) is 4.66. The fourth-order valence-electron chi connectivity index (χ4n) is 3.12. The Kier molecular flexibility index (Phi) is 5.43. The summed E-state index contributed by atoms with van der Waals surface area (Å²) in [6.45, 7) is 4.97. The van der Waals surface area contributed by atoms with Crippen molar-refractivity contribution in [2.45, 2.75) is 25.9 Å². The largest absolute Gasteiger partial charge is 0.354 e. The van der Waals surface area contributed by atoms with Gasteiger partial charge in [-0.15, -0.1) is 0 Å². The molecule has 126 valence electrons. The standard InChI is InChI=1S/C19H22FN3S/c1-14-7-8-16(11-18(14)20)21-19(24)22-17-9-10-23(13-17)12-15-5-3-2-4-6-15/h2-8,11,17H,9-10,12-13H2,1H3,(H2,21,22,24)/p+1/t17-/m0/s1. The highest BCUT2D eigenvalue weighted by Crippen LogP contribution is 2.13. The summed E-state index contributed by atoms with van der Waals surface area (Å²) in [5, 5.41) is 6.99. The van der Waals surface area contributed by atoms with Crippen LogP contribution >= 0.6 is 12.2 Å². The number of aryl methyl sites for hydroxylation is 1. The van der Waals surface area contributed by atoms with Crippen molar-refractivity contribution in [2.24, 2.45) is 0 Å². The summed E-state index contributed by atoms with van der Waals surface area (Å²) >= 11 is 5.36. The zero-order chi connectivity index (χ0) is 16.9. The molecule has 24 heavy (non-hydrogen) atoms. The predicted octanol–water partition coefficient (Wildman–Crippen LogP) is 2.28. The minimum atomic E-state index is -0.220. The molecule has 0 bridgehead atoms. The van der Waals surface area contributed by atoms with Gasteiger partial charge in [0.25, 0.3) is 0 Å². The SMILES string of the molecule is Cc1ccc(NC(=S)N[C@H]2CC[NH+](Cc3ccccc3)C2)cc1F. The lowest BCUT2D eigenvalue weighted by Crippen LogP contribution is -3.09. The molecule has 0 spiro atoms. The third-order valence-electron chi connectivity index (χ3n) is 4.44. The first kappa shape index (κ1) is 16.9. The molecule has 0 amide bonds. The van der Waals surface area contributed by atoms with E-state index in [1.807, 2.05) is 12.1 Å². The second-order valence-corrected chi connectivity index (χ2v) is 6.82. The molecule has 1 heterocycles. The van der Waals surface area contributed by atoms with E-state index in [9.17, 15) is 4.39 Å². The van der Waals surface area contributed by atoms with Crippen molar-refractivity contribution >= 4 is 23.0 Å². The number of anilines is 1. The average Bonchev–Trinajstić information content (AvgIpc) is 2.99. The maximum Gasteiger partial charge on any atom is 0.171 e. The van der Waals surface area contributed by atoms with Crippen molar-refractivity contribution in [3.63, 3.8) is 0 Å². The van der Waals surface area contributed by atoms with Gasteiger partial charge in [-0.2, -0.15) is 0 Å². The Morgan fingerprint density at radius 2 is 2.04 bits per heavy atom. The summed E-state index contributed by atoms with van der Waals surface area (Å²) in [4.78, 5) is 1.56. The van der Waals surface area contributed by atoms with Gasteiger partial charge in [-0.1, -0.05) is 36.4 Å². The minimum absolute atomic E-state index is 0.220. The van der Waals surface area contributed by atoms with Crippen molar-refractivity contribution in [1.82, 2.24) is 5.32 Å². The average molecular weight is 344 g/mol. The van der Waals surface area contributed by atoms with Crippen LogP contribution in [-0.2, 0) is 6.54 Å². The van der Waals surface area contributed by atoms with E-state index in [1.165, 1.54) is 11.6 Å². The van der Waals surface area contributed by atoms with Crippen LogP contribution in [0.1, 0.15) is 17.5 Å². The van der Waals surface area contributed by atoms with Crippen molar-refractivity contribution in [3.8, 4) is 0 Å². The Labute approximate surface area is 147 Å². The Balaban J connectivity index is 1.48. The number of benzene rings is 2. The second kappa shape index (κ2) is 7.73. The van der Waals surface area contributed by atoms with Crippen LogP contribution in [0, 0.1) is 12.7 Å².